The highest BCUT2D eigenvalue weighted by Gasteiger charge is 2.21. The minimum atomic E-state index is 0. The van der Waals surface area contributed by atoms with Crippen molar-refractivity contribution in [1.29, 1.82) is 0 Å². The molecule has 2 aromatic rings. The molecule has 0 saturated carbocycles. The summed E-state index contributed by atoms with van der Waals surface area (Å²) in [6.45, 7) is 9.41. The molecule has 1 aliphatic rings. The van der Waals surface area contributed by atoms with Crippen LogP contribution in [-0.4, -0.2) is 52.4 Å². The van der Waals surface area contributed by atoms with Crippen molar-refractivity contribution < 1.29 is 14.2 Å². The van der Waals surface area contributed by atoms with E-state index in [4.69, 9.17) is 14.2 Å². The number of halogens is 1. The monoisotopic (exact) mass is 406 g/mol. The lowest BCUT2D eigenvalue weighted by Crippen LogP contribution is -2.46. The molecule has 0 spiro atoms. The Hall–Kier alpha value is -2.11. The maximum atomic E-state index is 5.48. The fraction of sp³-hybridized carbons (Fsp3) is 0.455. The highest BCUT2D eigenvalue weighted by atomic mass is 35.5. The highest BCUT2D eigenvalue weighted by molar-refractivity contribution is 5.85. The number of hydrogen-bond donors (Lipinski definition) is 0. The molecule has 0 N–H and O–H groups in total. The average molecular weight is 407 g/mol. The molecule has 0 atom stereocenters. The van der Waals surface area contributed by atoms with Crippen LogP contribution in [0.3, 0.4) is 0 Å². The number of anilines is 1. The molecule has 1 aliphatic heterocycles. The van der Waals surface area contributed by atoms with Gasteiger partial charge in [0.05, 0.1) is 21.3 Å². The molecule has 1 saturated heterocycles. The minimum absolute atomic E-state index is 0. The molecule has 154 valence electrons. The first-order valence-electron chi connectivity index (χ1n) is 9.39. The van der Waals surface area contributed by atoms with E-state index in [2.05, 4.69) is 41.8 Å². The number of hydrogen-bond acceptors (Lipinski definition) is 5. The van der Waals surface area contributed by atoms with E-state index in [-0.39, 0.29) is 12.4 Å². The third-order valence-electron chi connectivity index (χ3n) is 5.26. The summed E-state index contributed by atoms with van der Waals surface area (Å²) >= 11 is 0. The van der Waals surface area contributed by atoms with Crippen LogP contribution < -0.4 is 19.1 Å². The Bertz CT molecular complexity index is 744. The SMILES string of the molecule is COc1cc(CN2CCN(c3c(C)cccc3C)CC2)cc(OC)c1OC.Cl. The van der Waals surface area contributed by atoms with Gasteiger partial charge in [-0.25, -0.2) is 0 Å². The Kier molecular flexibility index (Phi) is 7.84. The largest absolute Gasteiger partial charge is 0.493 e. The summed E-state index contributed by atoms with van der Waals surface area (Å²) in [5.41, 5.74) is 5.27. The van der Waals surface area contributed by atoms with E-state index >= 15 is 0 Å². The number of piperazine rings is 1. The molecule has 0 unspecified atom stereocenters. The van der Waals surface area contributed by atoms with E-state index in [1.54, 1.807) is 21.3 Å². The summed E-state index contributed by atoms with van der Waals surface area (Å²) in [4.78, 5) is 4.99. The van der Waals surface area contributed by atoms with Crippen molar-refractivity contribution in [2.24, 2.45) is 0 Å². The van der Waals surface area contributed by atoms with Crippen LogP contribution in [0.5, 0.6) is 17.2 Å². The van der Waals surface area contributed by atoms with Gasteiger partial charge in [-0.05, 0) is 42.7 Å². The number of nitrogens with zero attached hydrogens (tertiary/aromatic N) is 2. The van der Waals surface area contributed by atoms with Gasteiger partial charge in [0.2, 0.25) is 5.75 Å². The molecule has 5 nitrogen and oxygen atoms in total. The number of ether oxygens (including phenoxy) is 3. The lowest BCUT2D eigenvalue weighted by molar-refractivity contribution is 0.248. The number of para-hydroxylation sites is 1. The number of rotatable bonds is 6. The molecular formula is C22H31ClN2O3. The lowest BCUT2D eigenvalue weighted by Gasteiger charge is -2.37. The summed E-state index contributed by atoms with van der Waals surface area (Å²) in [5.74, 6) is 2.06. The van der Waals surface area contributed by atoms with Gasteiger partial charge in [0.15, 0.2) is 11.5 Å². The Labute approximate surface area is 174 Å². The van der Waals surface area contributed by atoms with Crippen molar-refractivity contribution in [2.75, 3.05) is 52.4 Å². The second-order valence-electron chi connectivity index (χ2n) is 7.04. The first kappa shape index (κ1) is 22.2. The molecule has 1 fully saturated rings. The second-order valence-corrected chi connectivity index (χ2v) is 7.04. The topological polar surface area (TPSA) is 34.2 Å². The molecule has 0 amide bonds. The predicted molar refractivity (Wildman–Crippen MR) is 117 cm³/mol. The van der Waals surface area contributed by atoms with Crippen LogP contribution in [0.15, 0.2) is 30.3 Å². The quantitative estimate of drug-likeness (QED) is 0.722. The van der Waals surface area contributed by atoms with Crippen molar-refractivity contribution >= 4 is 18.1 Å². The number of methoxy groups -OCH3 is 3. The summed E-state index contributed by atoms with van der Waals surface area (Å²) in [6, 6.07) is 10.6. The molecule has 28 heavy (non-hydrogen) atoms. The van der Waals surface area contributed by atoms with Gasteiger partial charge >= 0.3 is 0 Å². The smallest absolute Gasteiger partial charge is 0.203 e. The van der Waals surface area contributed by atoms with Crippen molar-refractivity contribution in [1.82, 2.24) is 4.90 Å². The number of aryl methyl sites for hydroxylation is 2. The molecule has 0 bridgehead atoms. The van der Waals surface area contributed by atoms with Crippen LogP contribution in [0.4, 0.5) is 5.69 Å². The zero-order valence-electron chi connectivity index (χ0n) is 17.4. The first-order chi connectivity index (χ1) is 13.1. The second kappa shape index (κ2) is 9.89. The van der Waals surface area contributed by atoms with E-state index < -0.39 is 0 Å². The molecule has 1 heterocycles. The van der Waals surface area contributed by atoms with Crippen LogP contribution in [-0.2, 0) is 6.54 Å². The zero-order valence-corrected chi connectivity index (χ0v) is 18.3. The Balaban J connectivity index is 0.00000280. The molecule has 0 aliphatic carbocycles. The molecule has 6 heteroatoms. The van der Waals surface area contributed by atoms with E-state index in [0.29, 0.717) is 17.2 Å². The highest BCUT2D eigenvalue weighted by Crippen LogP contribution is 2.38. The van der Waals surface area contributed by atoms with Crippen LogP contribution in [0.25, 0.3) is 0 Å². The predicted octanol–water partition coefficient (Wildman–Crippen LogP) is 4.07. The molecule has 3 rings (SSSR count). The maximum Gasteiger partial charge on any atom is 0.203 e. The molecular weight excluding hydrogens is 376 g/mol. The molecule has 0 aromatic heterocycles. The van der Waals surface area contributed by atoms with Gasteiger partial charge in [-0.1, -0.05) is 18.2 Å². The van der Waals surface area contributed by atoms with Gasteiger partial charge in [-0.3, -0.25) is 4.90 Å². The third-order valence-corrected chi connectivity index (χ3v) is 5.26. The Morgan fingerprint density at radius 3 is 1.82 bits per heavy atom. The normalized spacial score (nSPS) is 14.4. The lowest BCUT2D eigenvalue weighted by atomic mass is 10.1. The average Bonchev–Trinajstić information content (AvgIpc) is 2.68. The van der Waals surface area contributed by atoms with E-state index in [1.807, 2.05) is 12.1 Å². The minimum Gasteiger partial charge on any atom is -0.493 e. The van der Waals surface area contributed by atoms with E-state index in [9.17, 15) is 0 Å². The van der Waals surface area contributed by atoms with Crippen molar-refractivity contribution in [3.05, 3.63) is 47.0 Å². The summed E-state index contributed by atoms with van der Waals surface area (Å²) in [7, 11) is 4.95. The Morgan fingerprint density at radius 2 is 1.36 bits per heavy atom. The van der Waals surface area contributed by atoms with Gasteiger partial charge in [0.25, 0.3) is 0 Å². The van der Waals surface area contributed by atoms with Gasteiger partial charge in [0.1, 0.15) is 0 Å². The van der Waals surface area contributed by atoms with E-state index in [0.717, 1.165) is 32.7 Å². The van der Waals surface area contributed by atoms with Crippen LogP contribution in [0.1, 0.15) is 16.7 Å². The van der Waals surface area contributed by atoms with Crippen LogP contribution in [0, 0.1) is 13.8 Å². The first-order valence-corrected chi connectivity index (χ1v) is 9.39. The molecule has 2 aromatic carbocycles. The standard InChI is InChI=1S/C22H30N2O3.ClH/c1-16-7-6-8-17(2)21(16)24-11-9-23(10-12-24)15-18-13-19(25-3)22(27-5)20(14-18)26-4;/h6-8,13-14H,9-12,15H2,1-5H3;1H. The molecule has 0 radical (unpaired) electrons. The van der Waals surface area contributed by atoms with E-state index in [1.165, 1.54) is 22.4 Å². The fourth-order valence-corrected chi connectivity index (χ4v) is 3.92. The van der Waals surface area contributed by atoms with Crippen molar-refractivity contribution in [3.8, 4) is 17.2 Å². The third kappa shape index (κ3) is 4.65. The maximum absolute atomic E-state index is 5.48. The van der Waals surface area contributed by atoms with Crippen LogP contribution >= 0.6 is 12.4 Å². The van der Waals surface area contributed by atoms with Gasteiger partial charge < -0.3 is 19.1 Å². The summed E-state index contributed by atoms with van der Waals surface area (Å²) < 4.78 is 16.4. The van der Waals surface area contributed by atoms with Gasteiger partial charge in [0, 0.05) is 38.4 Å². The van der Waals surface area contributed by atoms with Gasteiger partial charge in [-0.15, -0.1) is 12.4 Å². The van der Waals surface area contributed by atoms with Crippen molar-refractivity contribution in [2.45, 2.75) is 20.4 Å². The summed E-state index contributed by atoms with van der Waals surface area (Å²) in [5, 5.41) is 0. The number of benzene rings is 2. The van der Waals surface area contributed by atoms with Crippen LogP contribution in [0.2, 0.25) is 0 Å². The van der Waals surface area contributed by atoms with Crippen molar-refractivity contribution in [3.63, 3.8) is 0 Å². The Morgan fingerprint density at radius 1 is 0.821 bits per heavy atom. The zero-order chi connectivity index (χ0) is 19.4. The fourth-order valence-electron chi connectivity index (χ4n) is 3.92. The van der Waals surface area contributed by atoms with Gasteiger partial charge in [-0.2, -0.15) is 0 Å². The summed E-state index contributed by atoms with van der Waals surface area (Å²) in [6.07, 6.45) is 0.